The van der Waals surface area contributed by atoms with Crippen molar-refractivity contribution in [3.05, 3.63) is 58.3 Å². The van der Waals surface area contributed by atoms with Crippen molar-refractivity contribution < 1.29 is 9.53 Å². The lowest BCUT2D eigenvalue weighted by atomic mass is 10.3. The zero-order valence-corrected chi connectivity index (χ0v) is 14.2. The fourth-order valence-corrected chi connectivity index (χ4v) is 2.63. The van der Waals surface area contributed by atoms with E-state index in [9.17, 15) is 9.59 Å². The maximum atomic E-state index is 12.1. The molecule has 0 atom stereocenters. The second-order valence-corrected chi connectivity index (χ2v) is 5.78. The number of nitrogens with one attached hydrogen (secondary N) is 2. The zero-order chi connectivity index (χ0) is 17.8. The van der Waals surface area contributed by atoms with Gasteiger partial charge in [0.25, 0.3) is 0 Å². The molecule has 3 rings (SSSR count). The van der Waals surface area contributed by atoms with E-state index in [1.807, 2.05) is 24.3 Å². The Hall–Kier alpha value is -3.09. The molecule has 2 aromatic heterocycles. The number of amides is 1. The summed E-state index contributed by atoms with van der Waals surface area (Å²) in [5.74, 6) is 0.924. The van der Waals surface area contributed by atoms with Crippen molar-refractivity contribution in [2.45, 2.75) is 19.9 Å². The number of hydrogen-bond acceptors (Lipinski definition) is 4. The number of hydrogen-bond donors (Lipinski definition) is 2. The first-order valence-corrected chi connectivity index (χ1v) is 8.02. The van der Waals surface area contributed by atoms with Gasteiger partial charge in [-0.1, -0.05) is 12.1 Å². The molecule has 0 radical (unpaired) electrons. The van der Waals surface area contributed by atoms with E-state index in [2.05, 4.69) is 15.3 Å². The van der Waals surface area contributed by atoms with Crippen LogP contribution < -0.4 is 15.5 Å². The van der Waals surface area contributed by atoms with Gasteiger partial charge in [0.05, 0.1) is 24.3 Å². The molecule has 0 aliphatic rings. The molecule has 0 spiro atoms. The Balaban J connectivity index is 1.57. The van der Waals surface area contributed by atoms with Gasteiger partial charge in [-0.15, -0.1) is 0 Å². The SMILES string of the molecule is COc1cn(CC(=O)NCCc2nc3ccccc3[nH]2)c(C)cc1=O. The summed E-state index contributed by atoms with van der Waals surface area (Å²) in [4.78, 5) is 31.5. The molecule has 7 heteroatoms. The lowest BCUT2D eigenvalue weighted by Crippen LogP contribution is -2.30. The molecule has 130 valence electrons. The third-order valence-electron chi connectivity index (χ3n) is 3.97. The standard InChI is InChI=1S/C18H20N4O3/c1-12-9-15(23)16(25-2)10-22(12)11-18(24)19-8-7-17-20-13-5-3-4-6-14(13)21-17/h3-6,9-10H,7-8,11H2,1-2H3,(H,19,24)(H,20,21). The molecular weight excluding hydrogens is 320 g/mol. The van der Waals surface area contributed by atoms with E-state index in [0.717, 1.165) is 16.9 Å². The van der Waals surface area contributed by atoms with Crippen molar-refractivity contribution in [1.82, 2.24) is 19.9 Å². The zero-order valence-electron chi connectivity index (χ0n) is 14.2. The van der Waals surface area contributed by atoms with Crippen molar-refractivity contribution in [2.75, 3.05) is 13.7 Å². The van der Waals surface area contributed by atoms with Crippen molar-refractivity contribution >= 4 is 16.9 Å². The monoisotopic (exact) mass is 340 g/mol. The van der Waals surface area contributed by atoms with Crippen LogP contribution in [0.3, 0.4) is 0 Å². The van der Waals surface area contributed by atoms with Gasteiger partial charge in [-0.05, 0) is 19.1 Å². The Morgan fingerprint density at radius 1 is 1.36 bits per heavy atom. The number of carbonyl (C=O) groups excluding carboxylic acids is 1. The van der Waals surface area contributed by atoms with E-state index in [4.69, 9.17) is 4.74 Å². The summed E-state index contributed by atoms with van der Waals surface area (Å²) in [5.41, 5.74) is 2.42. The van der Waals surface area contributed by atoms with Gasteiger partial charge in [0.1, 0.15) is 12.4 Å². The van der Waals surface area contributed by atoms with E-state index in [0.29, 0.717) is 18.7 Å². The number of aromatic amines is 1. The maximum absolute atomic E-state index is 12.1. The van der Waals surface area contributed by atoms with Crippen LogP contribution >= 0.6 is 0 Å². The highest BCUT2D eigenvalue weighted by Crippen LogP contribution is 2.10. The van der Waals surface area contributed by atoms with Crippen molar-refractivity contribution in [1.29, 1.82) is 0 Å². The lowest BCUT2D eigenvalue weighted by Gasteiger charge is -2.12. The predicted octanol–water partition coefficient (Wildman–Crippen LogP) is 1.40. The second kappa shape index (κ2) is 7.21. The number of ether oxygens (including phenoxy) is 1. The van der Waals surface area contributed by atoms with Crippen molar-refractivity contribution in [2.24, 2.45) is 0 Å². The molecule has 0 bridgehead atoms. The van der Waals surface area contributed by atoms with E-state index < -0.39 is 0 Å². The van der Waals surface area contributed by atoms with E-state index in [1.54, 1.807) is 17.7 Å². The highest BCUT2D eigenvalue weighted by molar-refractivity contribution is 5.76. The molecular formula is C18H20N4O3. The lowest BCUT2D eigenvalue weighted by molar-refractivity contribution is -0.121. The molecule has 3 aromatic rings. The van der Waals surface area contributed by atoms with Gasteiger partial charge in [0, 0.05) is 24.7 Å². The molecule has 0 aliphatic heterocycles. The number of nitrogens with zero attached hydrogens (tertiary/aromatic N) is 2. The number of para-hydroxylation sites is 2. The predicted molar refractivity (Wildman–Crippen MR) is 94.8 cm³/mol. The molecule has 2 heterocycles. The van der Waals surface area contributed by atoms with E-state index >= 15 is 0 Å². The Morgan fingerprint density at radius 3 is 2.92 bits per heavy atom. The number of imidazole rings is 1. The topological polar surface area (TPSA) is 89.0 Å². The van der Waals surface area contributed by atoms with Crippen molar-refractivity contribution in [3.8, 4) is 5.75 Å². The number of aromatic nitrogens is 3. The Labute approximate surface area is 144 Å². The number of pyridine rings is 1. The van der Waals surface area contributed by atoms with Gasteiger partial charge in [-0.2, -0.15) is 0 Å². The number of fused-ring (bicyclic) bond motifs is 1. The summed E-state index contributed by atoms with van der Waals surface area (Å²) in [6.07, 6.45) is 2.17. The minimum absolute atomic E-state index is 0.128. The summed E-state index contributed by atoms with van der Waals surface area (Å²) in [6.45, 7) is 2.39. The van der Waals surface area contributed by atoms with Crippen LogP contribution in [0.25, 0.3) is 11.0 Å². The highest BCUT2D eigenvalue weighted by atomic mass is 16.5. The van der Waals surface area contributed by atoms with Gasteiger partial charge in [-0.25, -0.2) is 4.98 Å². The van der Waals surface area contributed by atoms with Gasteiger partial charge in [0.15, 0.2) is 5.75 Å². The normalized spacial score (nSPS) is 10.8. The average molecular weight is 340 g/mol. The van der Waals surface area contributed by atoms with Crippen LogP contribution in [0.5, 0.6) is 5.75 Å². The molecule has 0 saturated carbocycles. The smallest absolute Gasteiger partial charge is 0.239 e. The first kappa shape index (κ1) is 16.8. The summed E-state index contributed by atoms with van der Waals surface area (Å²) in [5, 5.41) is 2.86. The van der Waals surface area contributed by atoms with Crippen LogP contribution in [-0.2, 0) is 17.8 Å². The first-order chi connectivity index (χ1) is 12.1. The number of benzene rings is 1. The number of methoxy groups -OCH3 is 1. The molecule has 0 unspecified atom stereocenters. The van der Waals surface area contributed by atoms with Crippen LogP contribution in [0.1, 0.15) is 11.5 Å². The molecule has 2 N–H and O–H groups in total. The minimum Gasteiger partial charge on any atom is -0.491 e. The third kappa shape index (κ3) is 3.88. The molecule has 7 nitrogen and oxygen atoms in total. The quantitative estimate of drug-likeness (QED) is 0.710. The fourth-order valence-electron chi connectivity index (χ4n) is 2.63. The van der Waals surface area contributed by atoms with Crippen molar-refractivity contribution in [3.63, 3.8) is 0 Å². The molecule has 0 saturated heterocycles. The Bertz CT molecular complexity index is 925. The van der Waals surface area contributed by atoms with E-state index in [-0.39, 0.29) is 23.6 Å². The number of H-pyrrole nitrogens is 1. The van der Waals surface area contributed by atoms with Crippen LogP contribution in [-0.4, -0.2) is 34.1 Å². The van der Waals surface area contributed by atoms with Crippen LogP contribution in [0.2, 0.25) is 0 Å². The summed E-state index contributed by atoms with van der Waals surface area (Å²) >= 11 is 0. The summed E-state index contributed by atoms with van der Waals surface area (Å²) < 4.78 is 6.70. The first-order valence-electron chi connectivity index (χ1n) is 8.02. The highest BCUT2D eigenvalue weighted by Gasteiger charge is 2.08. The van der Waals surface area contributed by atoms with Gasteiger partial charge in [0.2, 0.25) is 11.3 Å². The van der Waals surface area contributed by atoms with Crippen LogP contribution in [0.4, 0.5) is 0 Å². The molecule has 0 fully saturated rings. The second-order valence-electron chi connectivity index (χ2n) is 5.78. The Morgan fingerprint density at radius 2 is 2.16 bits per heavy atom. The molecule has 1 amide bonds. The molecule has 0 aliphatic carbocycles. The molecule has 25 heavy (non-hydrogen) atoms. The number of aryl methyl sites for hydroxylation is 1. The van der Waals surface area contributed by atoms with Crippen LogP contribution in [0, 0.1) is 6.92 Å². The Kier molecular flexibility index (Phi) is 4.83. The average Bonchev–Trinajstić information content (AvgIpc) is 3.00. The van der Waals surface area contributed by atoms with Gasteiger partial charge in [-0.3, -0.25) is 9.59 Å². The number of rotatable bonds is 6. The number of carbonyl (C=O) groups is 1. The largest absolute Gasteiger partial charge is 0.491 e. The van der Waals surface area contributed by atoms with Crippen LogP contribution in [0.15, 0.2) is 41.3 Å². The third-order valence-corrected chi connectivity index (χ3v) is 3.97. The summed E-state index contributed by atoms with van der Waals surface area (Å²) in [6, 6.07) is 9.26. The maximum Gasteiger partial charge on any atom is 0.239 e. The summed E-state index contributed by atoms with van der Waals surface area (Å²) in [7, 11) is 1.43. The minimum atomic E-state index is -0.193. The van der Waals surface area contributed by atoms with Gasteiger partial charge < -0.3 is 19.6 Å². The fraction of sp³-hybridized carbons (Fsp3) is 0.278. The molecule has 1 aromatic carbocycles. The van der Waals surface area contributed by atoms with E-state index in [1.165, 1.54) is 13.2 Å². The van der Waals surface area contributed by atoms with Gasteiger partial charge >= 0.3 is 0 Å².